The summed E-state index contributed by atoms with van der Waals surface area (Å²) >= 11 is 3.20. The molecule has 2 rings (SSSR count). The van der Waals surface area contributed by atoms with Crippen LogP contribution in [0.15, 0.2) is 11.6 Å². The predicted octanol–water partition coefficient (Wildman–Crippen LogP) is 2.45. The first kappa shape index (κ1) is 12.6. The molecule has 2 aromatic rings. The van der Waals surface area contributed by atoms with Gasteiger partial charge in [0.05, 0.1) is 21.6 Å². The Balaban J connectivity index is 2.16. The molecule has 6 heteroatoms. The number of thiazole rings is 1. The lowest BCUT2D eigenvalue weighted by Gasteiger charge is -2.15. The third-order valence-corrected chi connectivity index (χ3v) is 4.23. The van der Waals surface area contributed by atoms with Crippen LogP contribution in [0, 0.1) is 0 Å². The minimum atomic E-state index is 0.293. The Morgan fingerprint density at radius 1 is 1.41 bits per heavy atom. The second kappa shape index (κ2) is 6.18. The van der Waals surface area contributed by atoms with Gasteiger partial charge in [-0.1, -0.05) is 18.3 Å². The average Bonchev–Trinajstić information content (AvgIpc) is 2.98. The maximum Gasteiger partial charge on any atom is 0.0944 e. The van der Waals surface area contributed by atoms with E-state index in [0.29, 0.717) is 6.04 Å². The first-order valence-corrected chi connectivity index (χ1v) is 7.43. The molecule has 0 saturated heterocycles. The van der Waals surface area contributed by atoms with E-state index in [0.717, 1.165) is 30.1 Å². The van der Waals surface area contributed by atoms with Crippen LogP contribution in [-0.4, -0.2) is 21.1 Å². The molecule has 0 aliphatic heterocycles. The molecule has 1 atom stereocenters. The smallest absolute Gasteiger partial charge is 0.0944 e. The van der Waals surface area contributed by atoms with Crippen molar-refractivity contribution in [2.24, 2.45) is 0 Å². The Morgan fingerprint density at radius 2 is 2.29 bits per heavy atom. The fourth-order valence-electron chi connectivity index (χ4n) is 1.76. The number of aryl methyl sites for hydroxylation is 1. The van der Waals surface area contributed by atoms with Gasteiger partial charge in [0.25, 0.3) is 0 Å². The van der Waals surface area contributed by atoms with E-state index in [1.54, 1.807) is 11.3 Å². The van der Waals surface area contributed by atoms with Crippen LogP contribution in [0.2, 0.25) is 0 Å². The van der Waals surface area contributed by atoms with E-state index >= 15 is 0 Å². The lowest BCUT2D eigenvalue weighted by Crippen LogP contribution is -2.23. The Labute approximate surface area is 109 Å². The normalized spacial score (nSPS) is 12.8. The van der Waals surface area contributed by atoms with Crippen LogP contribution in [0.4, 0.5) is 0 Å². The van der Waals surface area contributed by atoms with Gasteiger partial charge in [0.15, 0.2) is 0 Å². The number of nitrogens with zero attached hydrogens (tertiary/aromatic N) is 3. The summed E-state index contributed by atoms with van der Waals surface area (Å²) < 4.78 is 4.06. The molecule has 0 radical (unpaired) electrons. The number of likely N-dealkylation sites (N-methyl/N-ethyl adjacent to an activating group) is 1. The molecule has 92 valence electrons. The van der Waals surface area contributed by atoms with Gasteiger partial charge < -0.3 is 5.32 Å². The number of hydrogen-bond donors (Lipinski definition) is 1. The highest BCUT2D eigenvalue weighted by Gasteiger charge is 2.18. The Bertz CT molecular complexity index is 438. The van der Waals surface area contributed by atoms with Gasteiger partial charge in [-0.05, 0) is 24.5 Å². The van der Waals surface area contributed by atoms with Crippen LogP contribution in [0.5, 0.6) is 0 Å². The largest absolute Gasteiger partial charge is 0.309 e. The summed E-state index contributed by atoms with van der Waals surface area (Å²) in [6.07, 6.45) is 3.71. The zero-order valence-electron chi connectivity index (χ0n) is 10.0. The lowest BCUT2D eigenvalue weighted by atomic mass is 10.1. The monoisotopic (exact) mass is 268 g/mol. The first-order chi connectivity index (χ1) is 8.35. The molecule has 0 aliphatic rings. The first-order valence-electron chi connectivity index (χ1n) is 5.78. The highest BCUT2D eigenvalue weighted by Crippen LogP contribution is 2.25. The maximum atomic E-state index is 4.35. The predicted molar refractivity (Wildman–Crippen MR) is 71.5 cm³/mol. The van der Waals surface area contributed by atoms with Crippen LogP contribution in [-0.2, 0) is 12.8 Å². The SMILES string of the molecule is CCNC(Cc1nccs1)c1snnc1CC. The van der Waals surface area contributed by atoms with Crippen molar-refractivity contribution in [2.75, 3.05) is 6.54 Å². The van der Waals surface area contributed by atoms with E-state index in [2.05, 4.69) is 33.7 Å². The van der Waals surface area contributed by atoms with E-state index in [9.17, 15) is 0 Å². The van der Waals surface area contributed by atoms with Crippen molar-refractivity contribution in [3.8, 4) is 0 Å². The summed E-state index contributed by atoms with van der Waals surface area (Å²) in [5.41, 5.74) is 1.11. The molecule has 0 bridgehead atoms. The van der Waals surface area contributed by atoms with Crippen LogP contribution < -0.4 is 5.32 Å². The second-order valence-corrected chi connectivity index (χ2v) is 5.44. The van der Waals surface area contributed by atoms with E-state index in [-0.39, 0.29) is 0 Å². The zero-order valence-corrected chi connectivity index (χ0v) is 11.6. The highest BCUT2D eigenvalue weighted by molar-refractivity contribution is 7.09. The summed E-state index contributed by atoms with van der Waals surface area (Å²) in [6, 6.07) is 0.293. The van der Waals surface area contributed by atoms with Gasteiger partial charge >= 0.3 is 0 Å². The highest BCUT2D eigenvalue weighted by atomic mass is 32.1. The van der Waals surface area contributed by atoms with E-state index in [4.69, 9.17) is 0 Å². The second-order valence-electron chi connectivity index (χ2n) is 3.68. The number of aromatic nitrogens is 3. The molecule has 1 unspecified atom stereocenters. The van der Waals surface area contributed by atoms with E-state index in [1.807, 2.05) is 11.6 Å². The molecule has 2 heterocycles. The van der Waals surface area contributed by atoms with Gasteiger partial charge in [-0.15, -0.1) is 16.4 Å². The van der Waals surface area contributed by atoms with Crippen molar-refractivity contribution >= 4 is 22.9 Å². The Hall–Kier alpha value is -0.850. The molecule has 2 aromatic heterocycles. The van der Waals surface area contributed by atoms with Crippen LogP contribution >= 0.6 is 22.9 Å². The number of hydrogen-bond acceptors (Lipinski definition) is 6. The van der Waals surface area contributed by atoms with E-state index < -0.39 is 0 Å². The lowest BCUT2D eigenvalue weighted by molar-refractivity contribution is 0.552. The fraction of sp³-hybridized carbons (Fsp3) is 0.545. The van der Waals surface area contributed by atoms with Crippen molar-refractivity contribution in [2.45, 2.75) is 32.7 Å². The number of rotatable bonds is 6. The zero-order chi connectivity index (χ0) is 12.1. The summed E-state index contributed by atoms with van der Waals surface area (Å²) in [4.78, 5) is 5.60. The topological polar surface area (TPSA) is 50.7 Å². The summed E-state index contributed by atoms with van der Waals surface area (Å²) in [5.74, 6) is 0. The molecule has 0 amide bonds. The molecule has 0 spiro atoms. The Kier molecular flexibility index (Phi) is 4.58. The Morgan fingerprint density at radius 3 is 2.94 bits per heavy atom. The summed E-state index contributed by atoms with van der Waals surface area (Å²) in [6.45, 7) is 5.18. The number of nitrogens with one attached hydrogen (secondary N) is 1. The van der Waals surface area contributed by atoms with Crippen molar-refractivity contribution in [3.63, 3.8) is 0 Å². The molecule has 0 aliphatic carbocycles. The minimum Gasteiger partial charge on any atom is -0.309 e. The molecular weight excluding hydrogens is 252 g/mol. The summed E-state index contributed by atoms with van der Waals surface area (Å²) in [7, 11) is 0. The van der Waals surface area contributed by atoms with Gasteiger partial charge in [-0.3, -0.25) is 0 Å². The van der Waals surface area contributed by atoms with Crippen molar-refractivity contribution < 1.29 is 0 Å². The standard InChI is InChI=1S/C11H16N4S2/c1-3-8-11(17-15-14-8)9(12-4-2)7-10-13-5-6-16-10/h5-6,9,12H,3-4,7H2,1-2H3. The molecule has 0 saturated carbocycles. The van der Waals surface area contributed by atoms with Gasteiger partial charge in [-0.2, -0.15) is 0 Å². The molecule has 17 heavy (non-hydrogen) atoms. The summed E-state index contributed by atoms with van der Waals surface area (Å²) in [5, 5.41) is 10.9. The van der Waals surface area contributed by atoms with Crippen LogP contribution in [0.25, 0.3) is 0 Å². The van der Waals surface area contributed by atoms with Crippen molar-refractivity contribution in [1.82, 2.24) is 19.9 Å². The van der Waals surface area contributed by atoms with Crippen molar-refractivity contribution in [3.05, 3.63) is 27.2 Å². The molecular formula is C11H16N4S2. The van der Waals surface area contributed by atoms with Gasteiger partial charge in [0, 0.05) is 18.0 Å². The van der Waals surface area contributed by atoms with Crippen molar-refractivity contribution in [1.29, 1.82) is 0 Å². The van der Waals surface area contributed by atoms with Crippen LogP contribution in [0.1, 0.15) is 35.5 Å². The fourth-order valence-corrected chi connectivity index (χ4v) is 3.23. The van der Waals surface area contributed by atoms with E-state index in [1.165, 1.54) is 16.4 Å². The van der Waals surface area contributed by atoms with Crippen LogP contribution in [0.3, 0.4) is 0 Å². The molecule has 0 aromatic carbocycles. The average molecular weight is 268 g/mol. The third kappa shape index (κ3) is 3.08. The van der Waals surface area contributed by atoms with Gasteiger partial charge in [-0.25, -0.2) is 4.98 Å². The third-order valence-electron chi connectivity index (χ3n) is 2.55. The maximum absolute atomic E-state index is 4.35. The van der Waals surface area contributed by atoms with Gasteiger partial charge in [0.2, 0.25) is 0 Å². The molecule has 4 nitrogen and oxygen atoms in total. The van der Waals surface area contributed by atoms with Gasteiger partial charge in [0.1, 0.15) is 0 Å². The molecule has 0 fully saturated rings. The quantitative estimate of drug-likeness (QED) is 0.874. The molecule has 1 N–H and O–H groups in total. The minimum absolute atomic E-state index is 0.293.